The number of benzene rings is 1. The van der Waals surface area contributed by atoms with Gasteiger partial charge in [0.1, 0.15) is 22.5 Å². The number of methoxy groups -OCH3 is 1. The minimum atomic E-state index is -3.42. The number of amides is 2. The van der Waals surface area contributed by atoms with Gasteiger partial charge >= 0.3 is 19.2 Å². The van der Waals surface area contributed by atoms with Crippen LogP contribution in [0.1, 0.15) is 89.6 Å². The van der Waals surface area contributed by atoms with Crippen LogP contribution in [0.5, 0.6) is 5.75 Å². The highest BCUT2D eigenvalue weighted by Gasteiger charge is 2.34. The molecule has 1 aromatic rings. The van der Waals surface area contributed by atoms with E-state index in [0.717, 1.165) is 6.26 Å². The minimum Gasteiger partial charge on any atom is -0.496 e. The third-order valence-electron chi connectivity index (χ3n) is 7.14. The molecule has 4 N–H and O–H groups in total. The summed E-state index contributed by atoms with van der Waals surface area (Å²) in [4.78, 5) is 40.3. The second kappa shape index (κ2) is 16.1. The van der Waals surface area contributed by atoms with Gasteiger partial charge in [-0.25, -0.2) is 22.7 Å². The zero-order valence-electron chi connectivity index (χ0n) is 27.7. The van der Waals surface area contributed by atoms with Crippen LogP contribution in [-0.2, 0) is 30.7 Å². The van der Waals surface area contributed by atoms with E-state index in [1.54, 1.807) is 64.6 Å². The molecular weight excluding hydrogens is 605 g/mol. The van der Waals surface area contributed by atoms with Crippen LogP contribution >= 0.6 is 0 Å². The van der Waals surface area contributed by atoms with Crippen molar-refractivity contribution in [1.29, 1.82) is 0 Å². The van der Waals surface area contributed by atoms with E-state index in [4.69, 9.17) is 14.2 Å². The summed E-state index contributed by atoms with van der Waals surface area (Å²) in [6.07, 6.45) is 3.12. The van der Waals surface area contributed by atoms with Crippen molar-refractivity contribution >= 4 is 35.1 Å². The van der Waals surface area contributed by atoms with Crippen molar-refractivity contribution in [2.45, 2.75) is 103 Å². The molecule has 1 aliphatic carbocycles. The fourth-order valence-corrected chi connectivity index (χ4v) is 5.69. The summed E-state index contributed by atoms with van der Waals surface area (Å²) in [5.41, 5.74) is -0.762. The lowest BCUT2D eigenvalue weighted by molar-refractivity contribution is -0.122. The molecule has 1 saturated carbocycles. The van der Waals surface area contributed by atoms with Gasteiger partial charge in [-0.1, -0.05) is 12.1 Å². The lowest BCUT2D eigenvalue weighted by Gasteiger charge is -2.37. The van der Waals surface area contributed by atoms with Gasteiger partial charge in [-0.3, -0.25) is 4.79 Å². The van der Waals surface area contributed by atoms with Crippen LogP contribution < -0.4 is 14.8 Å². The Bertz CT molecular complexity index is 1270. The Morgan fingerprint density at radius 2 is 1.62 bits per heavy atom. The Morgan fingerprint density at radius 1 is 1.02 bits per heavy atom. The van der Waals surface area contributed by atoms with Gasteiger partial charge in [0.15, 0.2) is 0 Å². The topological polar surface area (TPSA) is 181 Å². The van der Waals surface area contributed by atoms with Gasteiger partial charge in [-0.05, 0) is 91.2 Å². The van der Waals surface area contributed by atoms with Crippen LogP contribution in [0.25, 0.3) is 0 Å². The summed E-state index contributed by atoms with van der Waals surface area (Å²) in [5.74, 6) is -1.79. The second-order valence-corrected chi connectivity index (χ2v) is 15.3. The average molecular weight is 656 g/mol. The van der Waals surface area contributed by atoms with Crippen LogP contribution in [0.15, 0.2) is 18.2 Å². The lowest BCUT2D eigenvalue weighted by Crippen LogP contribution is -2.49. The first kappa shape index (κ1) is 38.3. The van der Waals surface area contributed by atoms with Crippen molar-refractivity contribution < 1.29 is 47.1 Å². The van der Waals surface area contributed by atoms with Crippen LogP contribution in [-0.4, -0.2) is 98.1 Å². The first-order valence-electron chi connectivity index (χ1n) is 15.2. The predicted octanol–water partition coefficient (Wildman–Crippen LogP) is 2.43. The van der Waals surface area contributed by atoms with E-state index in [9.17, 15) is 32.8 Å². The number of sulfonamides is 1. The van der Waals surface area contributed by atoms with E-state index in [1.807, 2.05) is 0 Å². The maximum atomic E-state index is 13.0. The third-order valence-corrected chi connectivity index (χ3v) is 7.87. The SMILES string of the molecule is COc1c(C[C@H](NC(=O)CC2CCC(N(CCNS(C)(=O)=O)C(=O)OC(C)(C)C)CC2)B(O)O)cccc1C(=O)OC(C)(C)C. The Morgan fingerprint density at radius 3 is 2.13 bits per heavy atom. The molecule has 254 valence electrons. The molecule has 0 saturated heterocycles. The van der Waals surface area contributed by atoms with Crippen molar-refractivity contribution in [3.05, 3.63) is 29.3 Å². The van der Waals surface area contributed by atoms with E-state index < -0.39 is 46.3 Å². The quantitative estimate of drug-likeness (QED) is 0.182. The van der Waals surface area contributed by atoms with Crippen LogP contribution in [0.2, 0.25) is 0 Å². The van der Waals surface area contributed by atoms with Gasteiger partial charge in [0.2, 0.25) is 15.9 Å². The smallest absolute Gasteiger partial charge is 0.475 e. The van der Waals surface area contributed by atoms with Gasteiger partial charge in [0.05, 0.1) is 19.3 Å². The van der Waals surface area contributed by atoms with E-state index in [-0.39, 0.29) is 55.1 Å². The number of ether oxygens (including phenoxy) is 3. The number of nitrogens with one attached hydrogen (secondary N) is 2. The van der Waals surface area contributed by atoms with Crippen molar-refractivity contribution in [2.24, 2.45) is 5.92 Å². The molecule has 0 bridgehead atoms. The molecule has 45 heavy (non-hydrogen) atoms. The van der Waals surface area contributed by atoms with Gasteiger partial charge in [-0.15, -0.1) is 0 Å². The van der Waals surface area contributed by atoms with Crippen LogP contribution in [0.3, 0.4) is 0 Å². The highest BCUT2D eigenvalue weighted by molar-refractivity contribution is 7.88. The highest BCUT2D eigenvalue weighted by atomic mass is 32.2. The summed E-state index contributed by atoms with van der Waals surface area (Å²) >= 11 is 0. The summed E-state index contributed by atoms with van der Waals surface area (Å²) in [7, 11) is -3.89. The molecule has 15 heteroatoms. The molecular formula is C30H50BN3O10S. The molecule has 1 aliphatic rings. The van der Waals surface area contributed by atoms with Crippen molar-refractivity contribution in [3.8, 4) is 5.75 Å². The number of para-hydroxylation sites is 1. The molecule has 0 spiro atoms. The number of hydrogen-bond acceptors (Lipinski definition) is 10. The summed E-state index contributed by atoms with van der Waals surface area (Å²) in [6, 6.07) is 4.69. The van der Waals surface area contributed by atoms with Gasteiger partial charge < -0.3 is 34.5 Å². The Balaban J connectivity index is 2.04. The highest BCUT2D eigenvalue weighted by Crippen LogP contribution is 2.31. The summed E-state index contributed by atoms with van der Waals surface area (Å²) in [5, 5.41) is 22.9. The summed E-state index contributed by atoms with van der Waals surface area (Å²) in [6.45, 7) is 10.7. The monoisotopic (exact) mass is 655 g/mol. The van der Waals surface area contributed by atoms with Gasteiger partial charge in [0, 0.05) is 25.6 Å². The molecule has 0 radical (unpaired) electrons. The summed E-state index contributed by atoms with van der Waals surface area (Å²) < 4.78 is 42.0. The second-order valence-electron chi connectivity index (χ2n) is 13.5. The first-order valence-corrected chi connectivity index (χ1v) is 17.1. The van der Waals surface area contributed by atoms with Crippen molar-refractivity contribution in [3.63, 3.8) is 0 Å². The molecule has 1 atom stereocenters. The fraction of sp³-hybridized carbons (Fsp3) is 0.700. The zero-order valence-corrected chi connectivity index (χ0v) is 28.5. The van der Waals surface area contributed by atoms with Crippen LogP contribution in [0, 0.1) is 5.92 Å². The number of nitrogens with zero attached hydrogens (tertiary/aromatic N) is 1. The van der Waals surface area contributed by atoms with E-state index >= 15 is 0 Å². The maximum Gasteiger partial charge on any atom is 0.475 e. The van der Waals surface area contributed by atoms with E-state index in [0.29, 0.717) is 31.2 Å². The molecule has 0 aromatic heterocycles. The molecule has 2 rings (SSSR count). The largest absolute Gasteiger partial charge is 0.496 e. The molecule has 0 heterocycles. The number of carbonyl (C=O) groups excluding carboxylic acids is 3. The number of esters is 1. The molecule has 2 amide bonds. The third kappa shape index (κ3) is 13.6. The van der Waals surface area contributed by atoms with Gasteiger partial charge in [0.25, 0.3) is 0 Å². The lowest BCUT2D eigenvalue weighted by atomic mass is 9.75. The fourth-order valence-electron chi connectivity index (χ4n) is 5.23. The number of carbonyl (C=O) groups is 3. The van der Waals surface area contributed by atoms with Crippen LogP contribution in [0.4, 0.5) is 4.79 Å². The first-order chi connectivity index (χ1) is 20.7. The van der Waals surface area contributed by atoms with E-state index in [2.05, 4.69) is 10.0 Å². The Kier molecular flexibility index (Phi) is 13.7. The number of hydrogen-bond donors (Lipinski definition) is 4. The standard InChI is InChI=1S/C30H50BN3O10S/c1-29(2,3)43-27(36)23-11-9-10-21(26(23)42-7)19-24(31(38)39)33-25(35)18-20-12-14-22(15-13-20)34(17-16-32-45(8,40)41)28(37)44-30(4,5)6/h9-11,20,22,24,32,38-39H,12-19H2,1-8H3,(H,33,35)/t20?,22?,24-/m0/s1. The average Bonchev–Trinajstić information content (AvgIpc) is 2.88. The van der Waals surface area contributed by atoms with E-state index in [1.165, 1.54) is 7.11 Å². The van der Waals surface area contributed by atoms with Crippen molar-refractivity contribution in [1.82, 2.24) is 14.9 Å². The molecule has 1 aromatic carbocycles. The van der Waals surface area contributed by atoms with Crippen molar-refractivity contribution in [2.75, 3.05) is 26.5 Å². The number of rotatable bonds is 13. The minimum absolute atomic E-state index is 0.00241. The zero-order chi connectivity index (χ0) is 34.2. The normalized spacial score (nSPS) is 18.0. The molecule has 13 nitrogen and oxygen atoms in total. The Hall–Kier alpha value is -2.88. The Labute approximate surface area is 267 Å². The predicted molar refractivity (Wildman–Crippen MR) is 170 cm³/mol. The molecule has 0 aliphatic heterocycles. The van der Waals surface area contributed by atoms with Gasteiger partial charge in [-0.2, -0.15) is 0 Å². The molecule has 1 fully saturated rings. The molecule has 0 unspecified atom stereocenters. The maximum absolute atomic E-state index is 13.0.